The molecule has 0 spiro atoms. The first-order valence-corrected chi connectivity index (χ1v) is 15.9. The number of amides is 1. The summed E-state index contributed by atoms with van der Waals surface area (Å²) in [5.41, 5.74) is 4.91. The molecule has 2 atom stereocenters. The van der Waals surface area contributed by atoms with E-state index in [0.717, 1.165) is 63.8 Å². The van der Waals surface area contributed by atoms with Gasteiger partial charge >= 0.3 is 0 Å². The minimum atomic E-state index is -1.30. The van der Waals surface area contributed by atoms with E-state index in [2.05, 4.69) is 43.4 Å². The van der Waals surface area contributed by atoms with Crippen LogP contribution in [0.15, 0.2) is 108 Å². The Hall–Kier alpha value is -3.92. The Kier molecular flexibility index (Phi) is 8.69. The van der Waals surface area contributed by atoms with Gasteiger partial charge in [-0.2, -0.15) is 0 Å². The zero-order valence-corrected chi connectivity index (χ0v) is 24.6. The maximum Gasteiger partial charge on any atom is 0.251 e. The fraction of sp³-hybridized carbons (Fsp3) is 0.212. The molecule has 0 aliphatic carbocycles. The second-order valence-corrected chi connectivity index (χ2v) is 13.1. The van der Waals surface area contributed by atoms with E-state index in [4.69, 9.17) is 0 Å². The SMILES string of the molecule is O=C(NCc1ccc(S(=O)N2CCCC2c2cccc(-c3cncn3CCc3ccc(F)cc3)c2)s1)c1ccccc1. The molecular weight excluding hydrogens is 568 g/mol. The summed E-state index contributed by atoms with van der Waals surface area (Å²) in [7, 11) is -1.30. The van der Waals surface area contributed by atoms with Crippen molar-refractivity contribution in [3.05, 3.63) is 131 Å². The van der Waals surface area contributed by atoms with Gasteiger partial charge in [-0.05, 0) is 72.9 Å². The van der Waals surface area contributed by atoms with Crippen molar-refractivity contribution in [3.63, 3.8) is 0 Å². The molecule has 6 rings (SSSR count). The lowest BCUT2D eigenvalue weighted by atomic mass is 10.0. The van der Waals surface area contributed by atoms with Crippen LogP contribution in [-0.2, 0) is 30.5 Å². The summed E-state index contributed by atoms with van der Waals surface area (Å²) in [4.78, 5) is 17.8. The van der Waals surface area contributed by atoms with Crippen LogP contribution < -0.4 is 5.32 Å². The molecule has 1 saturated heterocycles. The third kappa shape index (κ3) is 6.43. The van der Waals surface area contributed by atoms with Crippen molar-refractivity contribution in [2.45, 2.75) is 42.6 Å². The minimum Gasteiger partial charge on any atom is -0.347 e. The molecule has 0 saturated carbocycles. The molecule has 6 nitrogen and oxygen atoms in total. The minimum absolute atomic E-state index is 0.0460. The van der Waals surface area contributed by atoms with Crippen LogP contribution in [0.5, 0.6) is 0 Å². The van der Waals surface area contributed by atoms with Gasteiger partial charge in [0.1, 0.15) is 21.0 Å². The highest BCUT2D eigenvalue weighted by atomic mass is 32.2. The molecule has 1 amide bonds. The van der Waals surface area contributed by atoms with E-state index >= 15 is 0 Å². The lowest BCUT2D eigenvalue weighted by Gasteiger charge is -2.23. The maximum absolute atomic E-state index is 13.7. The van der Waals surface area contributed by atoms with E-state index in [-0.39, 0.29) is 17.8 Å². The van der Waals surface area contributed by atoms with Gasteiger partial charge in [-0.25, -0.2) is 17.9 Å². The lowest BCUT2D eigenvalue weighted by molar-refractivity contribution is 0.0951. The molecule has 1 fully saturated rings. The van der Waals surface area contributed by atoms with Gasteiger partial charge in [-0.3, -0.25) is 4.79 Å². The Balaban J connectivity index is 1.13. The normalized spacial score (nSPS) is 16.0. The molecule has 214 valence electrons. The van der Waals surface area contributed by atoms with Crippen LogP contribution in [0, 0.1) is 5.82 Å². The van der Waals surface area contributed by atoms with E-state index in [1.807, 2.05) is 55.0 Å². The number of aryl methyl sites for hydroxylation is 2. The quantitative estimate of drug-likeness (QED) is 0.193. The number of benzene rings is 3. The Morgan fingerprint density at radius 1 is 1.02 bits per heavy atom. The van der Waals surface area contributed by atoms with Gasteiger partial charge in [0.05, 0.1) is 24.8 Å². The van der Waals surface area contributed by atoms with Crippen LogP contribution in [0.3, 0.4) is 0 Å². The fourth-order valence-electron chi connectivity index (χ4n) is 5.34. The number of carbonyl (C=O) groups is 1. The number of nitrogens with one attached hydrogen (secondary N) is 1. The van der Waals surface area contributed by atoms with Crippen molar-refractivity contribution in [2.24, 2.45) is 0 Å². The number of carbonyl (C=O) groups excluding carboxylic acids is 1. The van der Waals surface area contributed by atoms with Crippen molar-refractivity contribution < 1.29 is 13.4 Å². The van der Waals surface area contributed by atoms with Crippen LogP contribution in [-0.4, -0.2) is 30.5 Å². The molecule has 1 N–H and O–H groups in total. The molecule has 5 aromatic rings. The van der Waals surface area contributed by atoms with Crippen molar-refractivity contribution >= 4 is 28.2 Å². The Morgan fingerprint density at radius 2 is 1.86 bits per heavy atom. The first-order chi connectivity index (χ1) is 20.5. The van der Waals surface area contributed by atoms with E-state index in [0.29, 0.717) is 12.1 Å². The number of hydrogen-bond acceptors (Lipinski definition) is 4. The third-order valence-electron chi connectivity index (χ3n) is 7.52. The number of aromatic nitrogens is 2. The highest BCUT2D eigenvalue weighted by Crippen LogP contribution is 2.37. The second kappa shape index (κ2) is 12.9. The summed E-state index contributed by atoms with van der Waals surface area (Å²) < 4.78 is 32.0. The van der Waals surface area contributed by atoms with Crippen LogP contribution in [0.4, 0.5) is 4.39 Å². The zero-order valence-electron chi connectivity index (χ0n) is 23.0. The topological polar surface area (TPSA) is 67.2 Å². The van der Waals surface area contributed by atoms with Crippen LogP contribution in [0.1, 0.15) is 45.2 Å². The molecule has 1 aliphatic heterocycles. The van der Waals surface area contributed by atoms with E-state index in [9.17, 15) is 13.4 Å². The van der Waals surface area contributed by atoms with E-state index < -0.39 is 11.0 Å². The smallest absolute Gasteiger partial charge is 0.251 e. The monoisotopic (exact) mass is 598 g/mol. The van der Waals surface area contributed by atoms with Crippen molar-refractivity contribution in [1.29, 1.82) is 0 Å². The van der Waals surface area contributed by atoms with Gasteiger partial charge in [0.2, 0.25) is 0 Å². The molecule has 9 heteroatoms. The summed E-state index contributed by atoms with van der Waals surface area (Å²) in [6.07, 6.45) is 6.39. The van der Waals surface area contributed by atoms with Gasteiger partial charge in [-0.1, -0.05) is 48.5 Å². The standard InChI is InChI=1S/C33H31FN4O2S2/c34-28-13-11-24(12-14-28)17-19-37-23-35-22-31(37)27-9-4-8-26(20-27)30-10-5-18-38(30)42(40)32-16-15-29(41-32)21-36-33(39)25-6-2-1-3-7-25/h1-4,6-9,11-16,20,22-23,30H,5,10,17-19,21H2,(H,36,39). The largest absolute Gasteiger partial charge is 0.347 e. The van der Waals surface area contributed by atoms with Crippen LogP contribution in [0.25, 0.3) is 11.3 Å². The van der Waals surface area contributed by atoms with Gasteiger partial charge in [0.25, 0.3) is 5.91 Å². The van der Waals surface area contributed by atoms with E-state index in [1.54, 1.807) is 12.1 Å². The number of hydrogen-bond donors (Lipinski definition) is 1. The first-order valence-electron chi connectivity index (χ1n) is 14.0. The highest BCUT2D eigenvalue weighted by molar-refractivity contribution is 7.85. The predicted octanol–water partition coefficient (Wildman–Crippen LogP) is 6.78. The Bertz CT molecular complexity index is 1680. The molecule has 42 heavy (non-hydrogen) atoms. The van der Waals surface area contributed by atoms with Crippen molar-refractivity contribution in [2.75, 3.05) is 6.54 Å². The summed E-state index contributed by atoms with van der Waals surface area (Å²) >= 11 is 1.48. The molecular formula is C33H31FN4O2S2. The van der Waals surface area contributed by atoms with Gasteiger partial charge in [0, 0.05) is 35.1 Å². The maximum atomic E-state index is 13.7. The van der Waals surface area contributed by atoms with Gasteiger partial charge in [0.15, 0.2) is 0 Å². The fourth-order valence-corrected chi connectivity index (χ4v) is 8.08. The first kappa shape index (κ1) is 28.2. The zero-order chi connectivity index (χ0) is 28.9. The average Bonchev–Trinajstić information content (AvgIpc) is 3.81. The summed E-state index contributed by atoms with van der Waals surface area (Å²) in [5.74, 6) is -0.351. The molecule has 3 heterocycles. The molecule has 3 aromatic carbocycles. The summed E-state index contributed by atoms with van der Waals surface area (Å²) in [5, 5.41) is 2.95. The molecule has 1 aliphatic rings. The third-order valence-corrected chi connectivity index (χ3v) is 10.4. The highest BCUT2D eigenvalue weighted by Gasteiger charge is 2.32. The van der Waals surface area contributed by atoms with E-state index in [1.165, 1.54) is 23.5 Å². The number of nitrogens with zero attached hydrogens (tertiary/aromatic N) is 3. The second-order valence-electron chi connectivity index (χ2n) is 10.3. The van der Waals surface area contributed by atoms with Crippen LogP contribution in [0.2, 0.25) is 0 Å². The molecule has 2 unspecified atom stereocenters. The number of imidazole rings is 1. The Labute approximate surface area is 251 Å². The van der Waals surface area contributed by atoms with Crippen LogP contribution >= 0.6 is 11.3 Å². The molecule has 0 radical (unpaired) electrons. The number of halogens is 1. The molecule has 2 aromatic heterocycles. The lowest BCUT2D eigenvalue weighted by Crippen LogP contribution is -2.25. The summed E-state index contributed by atoms with van der Waals surface area (Å²) in [6, 6.07) is 28.1. The number of rotatable bonds is 10. The Morgan fingerprint density at radius 3 is 2.69 bits per heavy atom. The van der Waals surface area contributed by atoms with Crippen molar-refractivity contribution in [3.8, 4) is 11.3 Å². The van der Waals surface area contributed by atoms with Crippen molar-refractivity contribution in [1.82, 2.24) is 19.2 Å². The van der Waals surface area contributed by atoms with Gasteiger partial charge in [-0.15, -0.1) is 11.3 Å². The summed E-state index contributed by atoms with van der Waals surface area (Å²) in [6.45, 7) is 1.89. The molecule has 0 bridgehead atoms. The predicted molar refractivity (Wildman–Crippen MR) is 165 cm³/mol. The average molecular weight is 599 g/mol. The van der Waals surface area contributed by atoms with Gasteiger partial charge < -0.3 is 9.88 Å². The number of thiophene rings is 1.